The average Bonchev–Trinajstić information content (AvgIpc) is 2.19. The van der Waals surface area contributed by atoms with E-state index in [0.717, 1.165) is 45.8 Å². The minimum Gasteiger partial charge on any atom is -2.00 e. The third-order valence-corrected chi connectivity index (χ3v) is 2.10. The molecule has 1 saturated heterocycles. The molecule has 0 aromatic heterocycles. The minimum atomic E-state index is 0. The van der Waals surface area contributed by atoms with E-state index >= 15 is 0 Å². The molecule has 0 aromatic carbocycles. The Balaban J connectivity index is -0.0000000960. The van der Waals surface area contributed by atoms with Crippen LogP contribution in [0.2, 0.25) is 0 Å². The van der Waals surface area contributed by atoms with Crippen LogP contribution in [0.25, 0.3) is 0 Å². The van der Waals surface area contributed by atoms with Crippen molar-refractivity contribution in [3.05, 3.63) is 0 Å². The Morgan fingerprint density at radius 2 is 1.29 bits per heavy atom. The van der Waals surface area contributed by atoms with E-state index in [1.54, 1.807) is 0 Å². The Morgan fingerprint density at radius 1 is 0.882 bits per heavy atom. The summed E-state index contributed by atoms with van der Waals surface area (Å²) in [4.78, 5) is 2.27. The summed E-state index contributed by atoms with van der Waals surface area (Å²) in [6.45, 7) is 7.30. The van der Waals surface area contributed by atoms with Gasteiger partial charge in [0.2, 0.25) is 0 Å². The number of hydrogen-bond donors (Lipinski definition) is 3. The van der Waals surface area contributed by atoms with Gasteiger partial charge in [-0.2, -0.15) is 0 Å². The van der Waals surface area contributed by atoms with E-state index < -0.39 is 0 Å². The summed E-state index contributed by atoms with van der Waals surface area (Å²) in [6.07, 6.45) is 0. The first kappa shape index (κ1) is 30.4. The van der Waals surface area contributed by atoms with Gasteiger partial charge in [0.15, 0.2) is 0 Å². The molecule has 0 atom stereocenters. The van der Waals surface area contributed by atoms with Crippen molar-refractivity contribution in [1.29, 1.82) is 0 Å². The first-order valence-electron chi connectivity index (χ1n) is 4.68. The van der Waals surface area contributed by atoms with Crippen LogP contribution in [0.3, 0.4) is 0 Å². The van der Waals surface area contributed by atoms with Crippen molar-refractivity contribution in [1.82, 2.24) is 15.5 Å². The summed E-state index contributed by atoms with van der Waals surface area (Å²) in [5, 5.41) is 15.4. The molecule has 0 bridgehead atoms. The topological polar surface area (TPSA) is 165 Å². The predicted molar refractivity (Wildman–Crippen MR) is 54.9 cm³/mol. The molecule has 5 N–H and O–H groups in total. The first-order valence-corrected chi connectivity index (χ1v) is 4.68. The molecule has 1 rings (SSSR count). The molecule has 0 aromatic rings. The van der Waals surface area contributed by atoms with Crippen LogP contribution in [0.5, 0.6) is 0 Å². The SMILES string of the molecule is O.OCCN1CCNCCNCC1.[Mo].[O-2].[O-2].[O-2]. The molecule has 0 spiro atoms. The van der Waals surface area contributed by atoms with Gasteiger partial charge >= 0.3 is 0 Å². The second kappa shape index (κ2) is 21.6. The molecule has 110 valence electrons. The van der Waals surface area contributed by atoms with Crippen molar-refractivity contribution in [2.75, 3.05) is 52.4 Å². The summed E-state index contributed by atoms with van der Waals surface area (Å²) < 4.78 is 0. The number of aliphatic hydroxyl groups excluding tert-OH is 1. The van der Waals surface area contributed by atoms with Crippen molar-refractivity contribution in [2.45, 2.75) is 0 Å². The molecule has 1 heterocycles. The van der Waals surface area contributed by atoms with Gasteiger partial charge in [-0.3, -0.25) is 4.90 Å². The van der Waals surface area contributed by atoms with Gasteiger partial charge in [0.25, 0.3) is 0 Å². The molecule has 0 amide bonds. The zero-order valence-corrected chi connectivity index (χ0v) is 11.7. The molecular formula is C8H21MoN3O5-6. The van der Waals surface area contributed by atoms with Gasteiger partial charge in [0.05, 0.1) is 6.61 Å². The Bertz CT molecular complexity index is 115. The fraction of sp³-hybridized carbons (Fsp3) is 1.00. The normalized spacial score (nSPS) is 16.1. The van der Waals surface area contributed by atoms with Crippen LogP contribution in [-0.2, 0) is 37.5 Å². The third-order valence-electron chi connectivity index (χ3n) is 2.10. The zero-order chi connectivity index (χ0) is 8.65. The molecule has 17 heavy (non-hydrogen) atoms. The van der Waals surface area contributed by atoms with Gasteiger partial charge in [0.1, 0.15) is 0 Å². The minimum absolute atomic E-state index is 0. The van der Waals surface area contributed by atoms with Gasteiger partial charge < -0.3 is 37.6 Å². The predicted octanol–water partition coefficient (Wildman–Crippen LogP) is -2.71. The second-order valence-electron chi connectivity index (χ2n) is 3.07. The van der Waals surface area contributed by atoms with Crippen LogP contribution in [0, 0.1) is 0 Å². The maximum absolute atomic E-state index is 8.77. The summed E-state index contributed by atoms with van der Waals surface area (Å²) >= 11 is 0. The molecule has 1 aliphatic heterocycles. The van der Waals surface area contributed by atoms with Crippen molar-refractivity contribution in [2.24, 2.45) is 0 Å². The summed E-state index contributed by atoms with van der Waals surface area (Å²) in [5.74, 6) is 0. The molecular weight excluding hydrogens is 314 g/mol. The quantitative estimate of drug-likeness (QED) is 0.467. The van der Waals surface area contributed by atoms with Crippen LogP contribution in [0.4, 0.5) is 0 Å². The van der Waals surface area contributed by atoms with E-state index in [9.17, 15) is 0 Å². The Labute approximate surface area is 116 Å². The molecule has 1 aliphatic rings. The number of rotatable bonds is 2. The van der Waals surface area contributed by atoms with Gasteiger partial charge in [-0.25, -0.2) is 0 Å². The second-order valence-corrected chi connectivity index (χ2v) is 3.07. The maximum Gasteiger partial charge on any atom is 0.0558 e. The number of β-amino-alcohol motifs (C(OH)–C–C–N with tert-alkyl or cyclic N) is 1. The van der Waals surface area contributed by atoms with Crippen LogP contribution in [0.15, 0.2) is 0 Å². The van der Waals surface area contributed by atoms with E-state index in [-0.39, 0.29) is 49.6 Å². The fourth-order valence-electron chi connectivity index (χ4n) is 1.38. The van der Waals surface area contributed by atoms with Crippen molar-refractivity contribution < 1.29 is 48.1 Å². The van der Waals surface area contributed by atoms with E-state index in [0.29, 0.717) is 0 Å². The number of nitrogens with one attached hydrogen (secondary N) is 2. The van der Waals surface area contributed by atoms with Gasteiger partial charge in [-0.1, -0.05) is 0 Å². The van der Waals surface area contributed by atoms with Crippen molar-refractivity contribution in [3.8, 4) is 0 Å². The molecule has 1 fully saturated rings. The van der Waals surface area contributed by atoms with Crippen LogP contribution >= 0.6 is 0 Å². The van der Waals surface area contributed by atoms with Crippen LogP contribution < -0.4 is 10.6 Å². The summed E-state index contributed by atoms with van der Waals surface area (Å²) in [5.41, 5.74) is 0. The molecule has 0 saturated carbocycles. The van der Waals surface area contributed by atoms with Crippen molar-refractivity contribution in [3.63, 3.8) is 0 Å². The fourth-order valence-corrected chi connectivity index (χ4v) is 1.38. The number of hydrogen-bond acceptors (Lipinski definition) is 4. The van der Waals surface area contributed by atoms with Crippen molar-refractivity contribution >= 4 is 0 Å². The Kier molecular flexibility index (Phi) is 38.7. The Morgan fingerprint density at radius 3 is 1.65 bits per heavy atom. The van der Waals surface area contributed by atoms with Gasteiger partial charge in [0, 0.05) is 66.9 Å². The monoisotopic (exact) mass is 337 g/mol. The smallest absolute Gasteiger partial charge is 0.0558 e. The van der Waals surface area contributed by atoms with Gasteiger partial charge in [-0.05, 0) is 0 Å². The van der Waals surface area contributed by atoms with E-state index in [2.05, 4.69) is 15.5 Å². The summed E-state index contributed by atoms with van der Waals surface area (Å²) in [6, 6.07) is 0. The average molecular weight is 335 g/mol. The molecule has 9 heteroatoms. The molecule has 0 radical (unpaired) electrons. The maximum atomic E-state index is 8.77. The van der Waals surface area contributed by atoms with Crippen LogP contribution in [-0.4, -0.2) is 67.9 Å². The molecule has 0 unspecified atom stereocenters. The molecule has 0 aliphatic carbocycles. The van der Waals surface area contributed by atoms with E-state index in [4.69, 9.17) is 5.11 Å². The number of nitrogens with zero attached hydrogens (tertiary/aromatic N) is 1. The van der Waals surface area contributed by atoms with E-state index in [1.807, 2.05) is 0 Å². The Hall–Kier alpha value is 0.368. The summed E-state index contributed by atoms with van der Waals surface area (Å²) in [7, 11) is 0. The van der Waals surface area contributed by atoms with E-state index in [1.165, 1.54) is 0 Å². The van der Waals surface area contributed by atoms with Crippen LogP contribution in [0.1, 0.15) is 0 Å². The largest absolute Gasteiger partial charge is 2.00 e. The first-order chi connectivity index (χ1) is 5.93. The standard InChI is InChI=1S/C8H19N3O.Mo.H2O.3O/c12-8-7-11-5-3-9-1-2-10-4-6-11;;;;;/h9-10,12H,1-8H2;;1H2;;;/q;;;3*-2. The number of aliphatic hydroxyl groups is 1. The third kappa shape index (κ3) is 16.4. The zero-order valence-electron chi connectivity index (χ0n) is 9.68. The van der Waals surface area contributed by atoms with Gasteiger partial charge in [-0.15, -0.1) is 0 Å². The molecule has 8 nitrogen and oxygen atoms in total.